The van der Waals surface area contributed by atoms with Gasteiger partial charge in [0.25, 0.3) is 5.56 Å². The maximum Gasteiger partial charge on any atom is 0.416 e. The van der Waals surface area contributed by atoms with Crippen molar-refractivity contribution in [3.8, 4) is 11.3 Å². The van der Waals surface area contributed by atoms with Crippen LogP contribution in [0.3, 0.4) is 0 Å². The lowest BCUT2D eigenvalue weighted by Crippen LogP contribution is -2.29. The van der Waals surface area contributed by atoms with Gasteiger partial charge in [0.1, 0.15) is 6.54 Å². The van der Waals surface area contributed by atoms with Gasteiger partial charge in [0.2, 0.25) is 5.91 Å². The first-order chi connectivity index (χ1) is 15.2. The van der Waals surface area contributed by atoms with Gasteiger partial charge in [0.05, 0.1) is 22.0 Å². The molecule has 4 rings (SSSR count). The number of benzene rings is 3. The van der Waals surface area contributed by atoms with E-state index in [0.29, 0.717) is 5.69 Å². The van der Waals surface area contributed by atoms with Crippen LogP contribution in [0.15, 0.2) is 77.6 Å². The first-order valence-electron chi connectivity index (χ1n) is 9.45. The maximum absolute atomic E-state index is 12.9. The van der Waals surface area contributed by atoms with Crippen molar-refractivity contribution in [2.45, 2.75) is 12.7 Å². The van der Waals surface area contributed by atoms with Gasteiger partial charge in [-0.25, -0.2) is 4.68 Å². The molecule has 162 valence electrons. The fraction of sp³-hybridized carbons (Fsp3) is 0.0870. The molecule has 1 N–H and O–H groups in total. The van der Waals surface area contributed by atoms with Gasteiger partial charge in [-0.05, 0) is 35.0 Å². The fourth-order valence-corrected chi connectivity index (χ4v) is 3.44. The van der Waals surface area contributed by atoms with E-state index in [4.69, 9.17) is 11.6 Å². The summed E-state index contributed by atoms with van der Waals surface area (Å²) < 4.78 is 39.8. The average molecular weight is 458 g/mol. The third kappa shape index (κ3) is 4.50. The van der Waals surface area contributed by atoms with Gasteiger partial charge >= 0.3 is 6.18 Å². The molecule has 0 saturated carbocycles. The van der Waals surface area contributed by atoms with Crippen LogP contribution in [0.25, 0.3) is 22.0 Å². The minimum Gasteiger partial charge on any atom is -0.323 e. The highest BCUT2D eigenvalue weighted by atomic mass is 35.5. The van der Waals surface area contributed by atoms with Gasteiger partial charge in [0, 0.05) is 11.6 Å². The Hall–Kier alpha value is -3.65. The van der Waals surface area contributed by atoms with E-state index < -0.39 is 29.8 Å². The average Bonchev–Trinajstić information content (AvgIpc) is 2.75. The summed E-state index contributed by atoms with van der Waals surface area (Å²) in [5, 5.41) is 8.45. The summed E-state index contributed by atoms with van der Waals surface area (Å²) >= 11 is 5.92. The number of aromatic nitrogens is 2. The van der Waals surface area contributed by atoms with Crippen LogP contribution in [0, 0.1) is 0 Å². The van der Waals surface area contributed by atoms with Gasteiger partial charge in [-0.3, -0.25) is 9.59 Å². The Bertz CT molecular complexity index is 1380. The lowest BCUT2D eigenvalue weighted by molar-refractivity contribution is -0.137. The summed E-state index contributed by atoms with van der Waals surface area (Å²) in [7, 11) is 0. The standard InChI is InChI=1S/C23H15ClF3N3O2/c24-18-9-8-15(23(25,26)27)12-20(18)28-21(31)13-30-22(32)11-10-19(29-30)17-7-3-5-14-4-1-2-6-16(14)17/h1-12H,13H2,(H,28,31). The van der Waals surface area contributed by atoms with Crippen LogP contribution in [0.5, 0.6) is 0 Å². The van der Waals surface area contributed by atoms with Crippen LogP contribution in [-0.4, -0.2) is 15.7 Å². The summed E-state index contributed by atoms with van der Waals surface area (Å²) in [6.07, 6.45) is -4.59. The van der Waals surface area contributed by atoms with Crippen LogP contribution >= 0.6 is 11.6 Å². The number of anilines is 1. The van der Waals surface area contributed by atoms with E-state index >= 15 is 0 Å². The van der Waals surface area contributed by atoms with Crippen molar-refractivity contribution in [2.75, 3.05) is 5.32 Å². The van der Waals surface area contributed by atoms with Crippen LogP contribution in [0.1, 0.15) is 5.56 Å². The molecule has 0 aliphatic rings. The summed E-state index contributed by atoms with van der Waals surface area (Å²) in [6.45, 7) is -0.496. The Balaban J connectivity index is 1.62. The van der Waals surface area contributed by atoms with Gasteiger partial charge in [-0.15, -0.1) is 0 Å². The maximum atomic E-state index is 12.9. The molecule has 0 spiro atoms. The Kier molecular flexibility index (Phi) is 5.71. The highest BCUT2D eigenvalue weighted by Gasteiger charge is 2.31. The lowest BCUT2D eigenvalue weighted by atomic mass is 10.0. The van der Waals surface area contributed by atoms with Gasteiger partial charge < -0.3 is 5.32 Å². The number of carbonyl (C=O) groups excluding carboxylic acids is 1. The Morgan fingerprint density at radius 1 is 1.00 bits per heavy atom. The van der Waals surface area contributed by atoms with E-state index in [2.05, 4.69) is 10.4 Å². The number of halogens is 4. The number of nitrogens with one attached hydrogen (secondary N) is 1. The molecule has 0 bridgehead atoms. The Labute approximate surface area is 185 Å². The zero-order chi connectivity index (χ0) is 22.9. The Morgan fingerprint density at radius 3 is 2.53 bits per heavy atom. The second kappa shape index (κ2) is 8.47. The second-order valence-corrected chi connectivity index (χ2v) is 7.39. The molecule has 4 aromatic rings. The molecule has 1 heterocycles. The van der Waals surface area contributed by atoms with E-state index in [0.717, 1.165) is 39.2 Å². The summed E-state index contributed by atoms with van der Waals surface area (Å²) in [4.78, 5) is 24.7. The number of amides is 1. The molecule has 3 aromatic carbocycles. The van der Waals surface area contributed by atoms with Crippen molar-refractivity contribution in [3.63, 3.8) is 0 Å². The van der Waals surface area contributed by atoms with Crippen molar-refractivity contribution in [3.05, 3.63) is 93.7 Å². The predicted molar refractivity (Wildman–Crippen MR) is 117 cm³/mol. The van der Waals surface area contributed by atoms with Crippen molar-refractivity contribution < 1.29 is 18.0 Å². The summed E-state index contributed by atoms with van der Waals surface area (Å²) in [5.74, 6) is -0.740. The zero-order valence-electron chi connectivity index (χ0n) is 16.4. The van der Waals surface area contributed by atoms with E-state index in [1.807, 2.05) is 42.5 Å². The van der Waals surface area contributed by atoms with Gasteiger partial charge in [-0.2, -0.15) is 18.3 Å². The number of carbonyl (C=O) groups is 1. The molecule has 0 aliphatic carbocycles. The fourth-order valence-electron chi connectivity index (χ4n) is 3.28. The van der Waals surface area contributed by atoms with E-state index in [1.165, 1.54) is 6.07 Å². The third-order valence-corrected chi connectivity index (χ3v) is 5.12. The monoisotopic (exact) mass is 457 g/mol. The number of alkyl halides is 3. The van der Waals surface area contributed by atoms with Crippen LogP contribution < -0.4 is 10.9 Å². The molecule has 0 radical (unpaired) electrons. The van der Waals surface area contributed by atoms with Gasteiger partial charge in [-0.1, -0.05) is 54.1 Å². The first-order valence-corrected chi connectivity index (χ1v) is 9.83. The molecule has 0 unspecified atom stereocenters. The molecule has 0 atom stereocenters. The highest BCUT2D eigenvalue weighted by Crippen LogP contribution is 2.33. The topological polar surface area (TPSA) is 64.0 Å². The molecule has 0 fully saturated rings. The summed E-state index contributed by atoms with van der Waals surface area (Å²) in [6, 6.07) is 18.8. The normalized spacial score (nSPS) is 11.5. The number of hydrogen-bond acceptors (Lipinski definition) is 3. The summed E-state index contributed by atoms with van der Waals surface area (Å²) in [5.41, 5.74) is -0.432. The molecular weight excluding hydrogens is 443 g/mol. The van der Waals surface area contributed by atoms with Crippen molar-refractivity contribution >= 4 is 34.0 Å². The zero-order valence-corrected chi connectivity index (χ0v) is 17.1. The minimum atomic E-state index is -4.59. The van der Waals surface area contributed by atoms with Crippen LogP contribution in [0.4, 0.5) is 18.9 Å². The number of fused-ring (bicyclic) bond motifs is 1. The molecule has 1 amide bonds. The SMILES string of the molecule is O=C(Cn1nc(-c2cccc3ccccc23)ccc1=O)Nc1cc(C(F)(F)F)ccc1Cl. The van der Waals surface area contributed by atoms with Crippen LogP contribution in [0.2, 0.25) is 5.02 Å². The largest absolute Gasteiger partial charge is 0.416 e. The Morgan fingerprint density at radius 2 is 1.75 bits per heavy atom. The quantitative estimate of drug-likeness (QED) is 0.448. The van der Waals surface area contributed by atoms with Crippen LogP contribution in [-0.2, 0) is 17.5 Å². The second-order valence-electron chi connectivity index (χ2n) is 6.98. The number of rotatable bonds is 4. The van der Waals surface area contributed by atoms with Crippen molar-refractivity contribution in [1.29, 1.82) is 0 Å². The van der Waals surface area contributed by atoms with E-state index in [9.17, 15) is 22.8 Å². The highest BCUT2D eigenvalue weighted by molar-refractivity contribution is 6.33. The first kappa shape index (κ1) is 21.6. The third-order valence-electron chi connectivity index (χ3n) is 4.79. The van der Waals surface area contributed by atoms with E-state index in [1.54, 1.807) is 6.07 Å². The van der Waals surface area contributed by atoms with Crippen molar-refractivity contribution in [1.82, 2.24) is 9.78 Å². The lowest BCUT2D eigenvalue weighted by Gasteiger charge is -2.12. The number of hydrogen-bond donors (Lipinski definition) is 1. The van der Waals surface area contributed by atoms with E-state index in [-0.39, 0.29) is 10.7 Å². The minimum absolute atomic E-state index is 0.0591. The molecule has 0 aliphatic heterocycles. The number of nitrogens with zero attached hydrogens (tertiary/aromatic N) is 2. The molecule has 9 heteroatoms. The smallest absolute Gasteiger partial charge is 0.323 e. The predicted octanol–water partition coefficient (Wildman–Crippen LogP) is 5.37. The molecule has 5 nitrogen and oxygen atoms in total. The molecular formula is C23H15ClF3N3O2. The molecule has 32 heavy (non-hydrogen) atoms. The molecule has 1 aromatic heterocycles. The molecule has 0 saturated heterocycles. The van der Waals surface area contributed by atoms with Gasteiger partial charge in [0.15, 0.2) is 0 Å². The van der Waals surface area contributed by atoms with Crippen molar-refractivity contribution in [2.24, 2.45) is 0 Å².